The summed E-state index contributed by atoms with van der Waals surface area (Å²) in [4.78, 5) is 4.05. The summed E-state index contributed by atoms with van der Waals surface area (Å²) in [6.45, 7) is 0.895. The lowest BCUT2D eigenvalue weighted by Crippen LogP contribution is -2.04. The molecule has 0 atom stereocenters. The van der Waals surface area contributed by atoms with Crippen molar-refractivity contribution in [3.63, 3.8) is 0 Å². The number of aromatic nitrogens is 3. The van der Waals surface area contributed by atoms with E-state index in [1.807, 2.05) is 16.8 Å². The molecule has 0 bridgehead atoms. The molecule has 2 aromatic heterocycles. The summed E-state index contributed by atoms with van der Waals surface area (Å²) < 4.78 is 14.9. The number of anilines is 1. The molecule has 3 aromatic rings. The highest BCUT2D eigenvalue weighted by Crippen LogP contribution is 2.34. The predicted molar refractivity (Wildman–Crippen MR) is 78.9 cm³/mol. The van der Waals surface area contributed by atoms with Gasteiger partial charge in [0.2, 0.25) is 0 Å². The van der Waals surface area contributed by atoms with E-state index in [0.29, 0.717) is 0 Å². The molecular formula is C16H13FN4. The molecule has 4 nitrogen and oxygen atoms in total. The standard InChI is InChI=1S/C16H13FN4/c17-12-1-3-13(4-2-12)21-16-14(7-10-19-16)15(20-21)11-5-8-18-9-6-11/h1-6,8-9,19H,7,10H2. The van der Waals surface area contributed by atoms with Gasteiger partial charge in [-0.15, -0.1) is 0 Å². The van der Waals surface area contributed by atoms with E-state index in [4.69, 9.17) is 5.10 Å². The minimum Gasteiger partial charge on any atom is -0.369 e. The lowest BCUT2D eigenvalue weighted by atomic mass is 10.1. The van der Waals surface area contributed by atoms with Gasteiger partial charge in [-0.25, -0.2) is 9.07 Å². The molecule has 0 unspecified atom stereocenters. The zero-order chi connectivity index (χ0) is 14.2. The molecule has 3 heterocycles. The average molecular weight is 280 g/mol. The van der Waals surface area contributed by atoms with Crippen molar-refractivity contribution in [2.75, 3.05) is 11.9 Å². The fraction of sp³-hybridized carbons (Fsp3) is 0.125. The van der Waals surface area contributed by atoms with Gasteiger partial charge >= 0.3 is 0 Å². The van der Waals surface area contributed by atoms with Gasteiger partial charge in [0.05, 0.1) is 11.4 Å². The van der Waals surface area contributed by atoms with E-state index in [1.165, 1.54) is 17.7 Å². The Morgan fingerprint density at radius 2 is 1.81 bits per heavy atom. The molecule has 1 aliphatic rings. The normalized spacial score (nSPS) is 13.0. The van der Waals surface area contributed by atoms with Gasteiger partial charge in [0, 0.05) is 30.1 Å². The smallest absolute Gasteiger partial charge is 0.133 e. The summed E-state index contributed by atoms with van der Waals surface area (Å²) in [5, 5.41) is 8.07. The predicted octanol–water partition coefficient (Wildman–Crippen LogP) is 3.04. The van der Waals surface area contributed by atoms with Gasteiger partial charge in [0.25, 0.3) is 0 Å². The van der Waals surface area contributed by atoms with Gasteiger partial charge in [-0.3, -0.25) is 4.98 Å². The average Bonchev–Trinajstić information content (AvgIpc) is 3.11. The maximum absolute atomic E-state index is 13.1. The van der Waals surface area contributed by atoms with Crippen LogP contribution in [0.5, 0.6) is 0 Å². The summed E-state index contributed by atoms with van der Waals surface area (Å²) in [7, 11) is 0. The largest absolute Gasteiger partial charge is 0.369 e. The Morgan fingerprint density at radius 1 is 1.05 bits per heavy atom. The van der Waals surface area contributed by atoms with Crippen LogP contribution in [0.15, 0.2) is 48.8 Å². The molecule has 0 amide bonds. The van der Waals surface area contributed by atoms with Gasteiger partial charge in [0.1, 0.15) is 11.6 Å². The van der Waals surface area contributed by atoms with Crippen molar-refractivity contribution >= 4 is 5.82 Å². The second kappa shape index (κ2) is 4.70. The summed E-state index contributed by atoms with van der Waals surface area (Å²) in [6.07, 6.45) is 4.47. The Morgan fingerprint density at radius 3 is 2.57 bits per heavy atom. The van der Waals surface area contributed by atoms with E-state index in [1.54, 1.807) is 24.5 Å². The van der Waals surface area contributed by atoms with Crippen LogP contribution in [0.4, 0.5) is 10.2 Å². The highest BCUT2D eigenvalue weighted by Gasteiger charge is 2.23. The summed E-state index contributed by atoms with van der Waals surface area (Å²) in [5.74, 6) is 0.748. The zero-order valence-electron chi connectivity index (χ0n) is 11.3. The number of nitrogens with one attached hydrogen (secondary N) is 1. The van der Waals surface area contributed by atoms with E-state index in [0.717, 1.165) is 35.7 Å². The van der Waals surface area contributed by atoms with Crippen molar-refractivity contribution in [1.82, 2.24) is 14.8 Å². The second-order valence-electron chi connectivity index (χ2n) is 4.98. The van der Waals surface area contributed by atoms with E-state index < -0.39 is 0 Å². The van der Waals surface area contributed by atoms with Gasteiger partial charge in [0.15, 0.2) is 0 Å². The first-order valence-electron chi connectivity index (χ1n) is 6.85. The third kappa shape index (κ3) is 1.98. The number of fused-ring (bicyclic) bond motifs is 1. The minimum absolute atomic E-state index is 0.245. The maximum Gasteiger partial charge on any atom is 0.133 e. The number of rotatable bonds is 2. The number of benzene rings is 1. The van der Waals surface area contributed by atoms with Crippen LogP contribution in [0.25, 0.3) is 16.9 Å². The van der Waals surface area contributed by atoms with Crippen molar-refractivity contribution in [1.29, 1.82) is 0 Å². The molecule has 21 heavy (non-hydrogen) atoms. The second-order valence-corrected chi connectivity index (χ2v) is 4.98. The number of nitrogens with zero attached hydrogens (tertiary/aromatic N) is 3. The van der Waals surface area contributed by atoms with E-state index in [-0.39, 0.29) is 5.82 Å². The number of halogens is 1. The molecule has 4 rings (SSSR count). The molecule has 0 radical (unpaired) electrons. The third-order valence-electron chi connectivity index (χ3n) is 3.68. The third-order valence-corrected chi connectivity index (χ3v) is 3.68. The van der Waals surface area contributed by atoms with Gasteiger partial charge in [-0.1, -0.05) is 0 Å². The first-order valence-corrected chi connectivity index (χ1v) is 6.85. The summed E-state index contributed by atoms with van der Waals surface area (Å²) in [5.41, 5.74) is 4.06. The molecular weight excluding hydrogens is 267 g/mol. The van der Waals surface area contributed by atoms with Crippen LogP contribution in [0.3, 0.4) is 0 Å². The number of hydrogen-bond acceptors (Lipinski definition) is 3. The van der Waals surface area contributed by atoms with Crippen LogP contribution < -0.4 is 5.32 Å². The quantitative estimate of drug-likeness (QED) is 0.784. The van der Waals surface area contributed by atoms with Gasteiger partial charge < -0.3 is 5.32 Å². The fourth-order valence-electron chi connectivity index (χ4n) is 2.69. The van der Waals surface area contributed by atoms with Crippen molar-refractivity contribution in [2.24, 2.45) is 0 Å². The number of hydrogen-bond donors (Lipinski definition) is 1. The van der Waals surface area contributed by atoms with E-state index in [2.05, 4.69) is 10.3 Å². The molecule has 5 heteroatoms. The maximum atomic E-state index is 13.1. The minimum atomic E-state index is -0.245. The summed E-state index contributed by atoms with van der Waals surface area (Å²) in [6, 6.07) is 10.3. The van der Waals surface area contributed by atoms with Crippen LogP contribution in [0, 0.1) is 5.82 Å². The lowest BCUT2D eigenvalue weighted by Gasteiger charge is -2.06. The highest BCUT2D eigenvalue weighted by atomic mass is 19.1. The van der Waals surface area contributed by atoms with E-state index in [9.17, 15) is 4.39 Å². The van der Waals surface area contributed by atoms with E-state index >= 15 is 0 Å². The SMILES string of the molecule is Fc1ccc(-n2nc(-c3ccncc3)c3c2NCC3)cc1. The first-order chi connectivity index (χ1) is 10.3. The molecule has 0 saturated carbocycles. The van der Waals surface area contributed by atoms with Crippen molar-refractivity contribution in [3.8, 4) is 16.9 Å². The lowest BCUT2D eigenvalue weighted by molar-refractivity contribution is 0.627. The zero-order valence-corrected chi connectivity index (χ0v) is 11.3. The van der Waals surface area contributed by atoms with Crippen LogP contribution in [-0.2, 0) is 6.42 Å². The molecule has 0 saturated heterocycles. The molecule has 0 fully saturated rings. The molecule has 104 valence electrons. The van der Waals surface area contributed by atoms with Crippen LogP contribution >= 0.6 is 0 Å². The number of pyridine rings is 1. The Hall–Kier alpha value is -2.69. The van der Waals surface area contributed by atoms with Crippen LogP contribution in [0.1, 0.15) is 5.56 Å². The van der Waals surface area contributed by atoms with Crippen molar-refractivity contribution < 1.29 is 4.39 Å². The Bertz CT molecular complexity index is 778. The molecule has 0 spiro atoms. The Balaban J connectivity index is 1.88. The van der Waals surface area contributed by atoms with Crippen molar-refractivity contribution in [2.45, 2.75) is 6.42 Å². The summed E-state index contributed by atoms with van der Waals surface area (Å²) >= 11 is 0. The monoisotopic (exact) mass is 280 g/mol. The van der Waals surface area contributed by atoms with Gasteiger partial charge in [-0.05, 0) is 42.8 Å². The Labute approximate surface area is 121 Å². The van der Waals surface area contributed by atoms with Crippen LogP contribution in [-0.4, -0.2) is 21.3 Å². The van der Waals surface area contributed by atoms with Crippen LogP contribution in [0.2, 0.25) is 0 Å². The topological polar surface area (TPSA) is 42.7 Å². The highest BCUT2D eigenvalue weighted by molar-refractivity contribution is 5.72. The van der Waals surface area contributed by atoms with Crippen molar-refractivity contribution in [3.05, 3.63) is 60.2 Å². The fourth-order valence-corrected chi connectivity index (χ4v) is 2.69. The molecule has 1 N–H and O–H groups in total. The van der Waals surface area contributed by atoms with Gasteiger partial charge in [-0.2, -0.15) is 5.10 Å². The molecule has 1 aliphatic heterocycles. The Kier molecular flexibility index (Phi) is 2.70. The molecule has 0 aliphatic carbocycles. The molecule has 1 aromatic carbocycles. The first kappa shape index (κ1) is 12.1.